The number of ether oxygens (including phenoxy) is 1. The predicted molar refractivity (Wildman–Crippen MR) is 130 cm³/mol. The maximum Gasteiger partial charge on any atom is 0.346 e. The number of fused-ring (bicyclic) bond motifs is 3. The lowest BCUT2D eigenvalue weighted by atomic mass is 10.0. The Bertz CT molecular complexity index is 1120. The first kappa shape index (κ1) is 25.4. The molecule has 3 rings (SSSR count). The van der Waals surface area contributed by atoms with Gasteiger partial charge < -0.3 is 18.2 Å². The fourth-order valence-corrected chi connectivity index (χ4v) is 5.62. The third-order valence-corrected chi connectivity index (χ3v) is 8.10. The minimum Gasteiger partial charge on any atom is -0.468 e. The number of methoxy groups -OCH3 is 1. The molecular weight excluding hydrogens is 441 g/mol. The number of nitrogens with one attached hydrogen (secondary N) is 1. The molecule has 0 spiro atoms. The number of carbonyl (C=O) groups is 1. The molecule has 2 aromatic carbocycles. The summed E-state index contributed by atoms with van der Waals surface area (Å²) < 4.78 is 34.8. The van der Waals surface area contributed by atoms with Crippen LogP contribution in [0.5, 0.6) is 0 Å². The number of esters is 1. The lowest BCUT2D eigenvalue weighted by Crippen LogP contribution is -2.45. The molecule has 0 bridgehead atoms. The lowest BCUT2D eigenvalue weighted by Gasteiger charge is -2.29. The van der Waals surface area contributed by atoms with Gasteiger partial charge in [-0.25, -0.2) is 0 Å². The van der Waals surface area contributed by atoms with E-state index in [1.165, 1.54) is 21.3 Å². The SMILES string of the molecule is COC(=O)[C@H](Cc1ccc2c(c1)oc1ccccc12)N[C@@H](CCCC(C)C)P(=O)(OC)OC. The quantitative estimate of drug-likeness (QED) is 0.258. The largest absolute Gasteiger partial charge is 0.468 e. The van der Waals surface area contributed by atoms with Crippen molar-refractivity contribution >= 4 is 35.5 Å². The summed E-state index contributed by atoms with van der Waals surface area (Å²) >= 11 is 0. The first-order valence-electron chi connectivity index (χ1n) is 11.3. The second kappa shape index (κ2) is 11.3. The van der Waals surface area contributed by atoms with Gasteiger partial charge in [0.15, 0.2) is 0 Å². The molecule has 8 heteroatoms. The van der Waals surface area contributed by atoms with E-state index in [0.717, 1.165) is 40.3 Å². The predicted octanol–water partition coefficient (Wildman–Crippen LogP) is 5.90. The van der Waals surface area contributed by atoms with Crippen LogP contribution in [0.15, 0.2) is 46.9 Å². The van der Waals surface area contributed by atoms with Crippen LogP contribution in [0.4, 0.5) is 0 Å². The van der Waals surface area contributed by atoms with Gasteiger partial charge >= 0.3 is 13.6 Å². The molecule has 0 aliphatic heterocycles. The average molecular weight is 476 g/mol. The van der Waals surface area contributed by atoms with E-state index in [4.69, 9.17) is 18.2 Å². The number of furan rings is 1. The number of rotatable bonds is 12. The maximum atomic E-state index is 13.2. The minimum absolute atomic E-state index is 0.341. The van der Waals surface area contributed by atoms with E-state index in [1.54, 1.807) is 0 Å². The van der Waals surface area contributed by atoms with E-state index in [1.807, 2.05) is 42.5 Å². The van der Waals surface area contributed by atoms with Crippen LogP contribution in [-0.4, -0.2) is 39.1 Å². The molecule has 1 aromatic heterocycles. The summed E-state index contributed by atoms with van der Waals surface area (Å²) in [5, 5.41) is 5.30. The van der Waals surface area contributed by atoms with Crippen LogP contribution in [0.2, 0.25) is 0 Å². The molecule has 0 radical (unpaired) electrons. The van der Waals surface area contributed by atoms with Crippen molar-refractivity contribution in [3.8, 4) is 0 Å². The molecule has 3 aromatic rings. The third kappa shape index (κ3) is 6.04. The van der Waals surface area contributed by atoms with Crippen molar-refractivity contribution < 1.29 is 27.6 Å². The summed E-state index contributed by atoms with van der Waals surface area (Å²) in [5.74, 6) is -0.556. The van der Waals surface area contributed by atoms with Gasteiger partial charge in [-0.15, -0.1) is 0 Å². The molecule has 0 saturated carbocycles. The molecule has 1 N–H and O–H groups in total. The molecule has 2 atom stereocenters. The average Bonchev–Trinajstić information content (AvgIpc) is 3.19. The van der Waals surface area contributed by atoms with E-state index in [2.05, 4.69) is 19.2 Å². The van der Waals surface area contributed by atoms with E-state index < -0.39 is 25.4 Å². The van der Waals surface area contributed by atoms with Crippen molar-refractivity contribution in [3.63, 3.8) is 0 Å². The number of para-hydroxylation sites is 1. The fourth-order valence-electron chi connectivity index (χ4n) is 4.10. The molecule has 0 saturated heterocycles. The standard InChI is InChI=1S/C25H34NO6P/c1-17(2)9-8-12-24(33(28,30-4)31-5)26-21(25(27)29-3)15-18-13-14-20-19-10-6-7-11-22(19)32-23(20)16-18/h6-7,10-11,13-14,16-17,21,24,26H,8-9,12,15H2,1-5H3/t21-,24+/m0/s1. The van der Waals surface area contributed by atoms with Crippen molar-refractivity contribution in [1.29, 1.82) is 0 Å². The van der Waals surface area contributed by atoms with E-state index in [0.29, 0.717) is 18.8 Å². The molecule has 0 fully saturated rings. The Kier molecular flexibility index (Phi) is 8.71. The number of benzene rings is 2. The Morgan fingerprint density at radius 3 is 2.36 bits per heavy atom. The first-order valence-corrected chi connectivity index (χ1v) is 12.9. The van der Waals surface area contributed by atoms with E-state index in [-0.39, 0.29) is 0 Å². The second-order valence-corrected chi connectivity index (χ2v) is 11.1. The highest BCUT2D eigenvalue weighted by atomic mass is 31.2. The first-order chi connectivity index (χ1) is 15.8. The van der Waals surface area contributed by atoms with Crippen molar-refractivity contribution in [2.75, 3.05) is 21.3 Å². The van der Waals surface area contributed by atoms with Crippen LogP contribution < -0.4 is 5.32 Å². The number of carbonyl (C=O) groups excluding carboxylic acids is 1. The normalized spacial score (nSPS) is 14.1. The highest BCUT2D eigenvalue weighted by Crippen LogP contribution is 2.52. The zero-order valence-corrected chi connectivity index (χ0v) is 20.9. The van der Waals surface area contributed by atoms with Crippen LogP contribution in [0, 0.1) is 5.92 Å². The lowest BCUT2D eigenvalue weighted by molar-refractivity contribution is -0.143. The van der Waals surface area contributed by atoms with Crippen LogP contribution in [0.3, 0.4) is 0 Å². The van der Waals surface area contributed by atoms with Crippen LogP contribution in [0.1, 0.15) is 38.7 Å². The Morgan fingerprint density at radius 1 is 1.00 bits per heavy atom. The summed E-state index contributed by atoms with van der Waals surface area (Å²) in [6.45, 7) is 4.28. The van der Waals surface area contributed by atoms with Crippen molar-refractivity contribution in [2.45, 2.75) is 51.4 Å². The highest BCUT2D eigenvalue weighted by molar-refractivity contribution is 7.54. The monoisotopic (exact) mass is 475 g/mol. The Hall–Kier alpha value is -2.18. The highest BCUT2D eigenvalue weighted by Gasteiger charge is 2.37. The Balaban J connectivity index is 1.86. The molecule has 180 valence electrons. The van der Waals surface area contributed by atoms with Gasteiger partial charge in [0.2, 0.25) is 0 Å². The van der Waals surface area contributed by atoms with Gasteiger partial charge in [-0.1, -0.05) is 57.0 Å². The van der Waals surface area contributed by atoms with Crippen molar-refractivity contribution in [1.82, 2.24) is 5.32 Å². The zero-order valence-electron chi connectivity index (χ0n) is 20.0. The summed E-state index contributed by atoms with van der Waals surface area (Å²) in [6, 6.07) is 13.1. The Labute approximate surface area is 195 Å². The zero-order chi connectivity index (χ0) is 24.0. The summed E-state index contributed by atoms with van der Waals surface area (Å²) in [7, 11) is 0.621. The van der Waals surface area contributed by atoms with E-state index in [9.17, 15) is 9.36 Å². The third-order valence-electron chi connectivity index (χ3n) is 5.91. The molecular formula is C25H34NO6P. The molecule has 1 heterocycles. The molecule has 0 aliphatic rings. The molecule has 7 nitrogen and oxygen atoms in total. The molecule has 0 amide bonds. The maximum absolute atomic E-state index is 13.2. The minimum atomic E-state index is -3.46. The van der Waals surface area contributed by atoms with Crippen molar-refractivity contribution in [3.05, 3.63) is 48.0 Å². The number of hydrogen-bond donors (Lipinski definition) is 1. The summed E-state index contributed by atoms with van der Waals surface area (Å²) in [6.07, 6.45) is 2.68. The smallest absolute Gasteiger partial charge is 0.346 e. The summed E-state index contributed by atoms with van der Waals surface area (Å²) in [5.41, 5.74) is 2.47. The molecule has 0 unspecified atom stereocenters. The number of hydrogen-bond acceptors (Lipinski definition) is 7. The molecule has 33 heavy (non-hydrogen) atoms. The van der Waals surface area contributed by atoms with Gasteiger partial charge in [0.1, 0.15) is 23.0 Å². The second-order valence-electron chi connectivity index (χ2n) is 8.62. The van der Waals surface area contributed by atoms with Crippen molar-refractivity contribution in [2.24, 2.45) is 5.92 Å². The fraction of sp³-hybridized carbons (Fsp3) is 0.480. The van der Waals surface area contributed by atoms with Gasteiger partial charge in [-0.2, -0.15) is 0 Å². The van der Waals surface area contributed by atoms with Gasteiger partial charge in [0.25, 0.3) is 0 Å². The van der Waals surface area contributed by atoms with Gasteiger partial charge in [0.05, 0.1) is 7.11 Å². The van der Waals surface area contributed by atoms with Crippen LogP contribution >= 0.6 is 7.60 Å². The van der Waals surface area contributed by atoms with Gasteiger partial charge in [-0.3, -0.25) is 14.7 Å². The van der Waals surface area contributed by atoms with Crippen LogP contribution in [-0.2, 0) is 29.6 Å². The van der Waals surface area contributed by atoms with Crippen LogP contribution in [0.25, 0.3) is 21.9 Å². The topological polar surface area (TPSA) is 87.0 Å². The Morgan fingerprint density at radius 2 is 1.70 bits per heavy atom. The summed E-state index contributed by atoms with van der Waals surface area (Å²) in [4.78, 5) is 12.7. The van der Waals surface area contributed by atoms with E-state index >= 15 is 0 Å². The van der Waals surface area contributed by atoms with Gasteiger partial charge in [-0.05, 0) is 36.5 Å². The molecule has 0 aliphatic carbocycles. The van der Waals surface area contributed by atoms with Gasteiger partial charge in [0, 0.05) is 25.0 Å².